The second-order valence-electron chi connectivity index (χ2n) is 2.85. The van der Waals surface area contributed by atoms with Gasteiger partial charge in [-0.05, 0) is 28.1 Å². The first-order valence-electron chi connectivity index (χ1n) is 3.86. The van der Waals surface area contributed by atoms with E-state index in [4.69, 9.17) is 0 Å². The van der Waals surface area contributed by atoms with Gasteiger partial charge < -0.3 is 0 Å². The molecule has 0 aliphatic rings. The molecule has 0 radical (unpaired) electrons. The van der Waals surface area contributed by atoms with Gasteiger partial charge in [-0.25, -0.2) is 0 Å². The fourth-order valence-electron chi connectivity index (χ4n) is 1.37. The first-order chi connectivity index (χ1) is 6.61. The largest absolute Gasteiger partial charge is 0.294 e. The molecule has 0 aliphatic heterocycles. The van der Waals surface area contributed by atoms with Crippen LogP contribution in [0.15, 0.2) is 22.8 Å². The van der Waals surface area contributed by atoms with Gasteiger partial charge in [0.1, 0.15) is 0 Å². The van der Waals surface area contributed by atoms with Crippen LogP contribution in [0.4, 0.5) is 5.69 Å². The lowest BCUT2D eigenvalue weighted by atomic mass is 10.2. The molecular weight excluding hydrogens is 250 g/mol. The molecule has 0 saturated carbocycles. The second kappa shape index (κ2) is 3.06. The number of hydrogen-bond donors (Lipinski definition) is 0. The minimum absolute atomic E-state index is 0.0654. The first-order valence-corrected chi connectivity index (χ1v) is 4.65. The number of rotatable bonds is 1. The average molecular weight is 256 g/mol. The van der Waals surface area contributed by atoms with Crippen LogP contribution in [0.2, 0.25) is 0 Å². The highest BCUT2D eigenvalue weighted by molar-refractivity contribution is 9.10. The summed E-state index contributed by atoms with van der Waals surface area (Å²) < 4.78 is 2.08. The third kappa shape index (κ3) is 1.19. The Morgan fingerprint density at radius 1 is 1.57 bits per heavy atom. The van der Waals surface area contributed by atoms with Crippen LogP contribution in [0.25, 0.3) is 10.9 Å². The maximum Gasteiger partial charge on any atom is 0.294 e. The predicted molar refractivity (Wildman–Crippen MR) is 55.1 cm³/mol. The summed E-state index contributed by atoms with van der Waals surface area (Å²) in [7, 11) is 1.75. The number of fused-ring (bicyclic) bond motifs is 1. The molecule has 0 spiro atoms. The highest BCUT2D eigenvalue weighted by Crippen LogP contribution is 2.32. The molecule has 6 heteroatoms. The second-order valence-corrected chi connectivity index (χ2v) is 3.71. The Morgan fingerprint density at radius 3 is 2.93 bits per heavy atom. The number of nitrogens with zero attached hydrogens (tertiary/aromatic N) is 3. The van der Waals surface area contributed by atoms with Crippen molar-refractivity contribution in [3.05, 3.63) is 32.9 Å². The van der Waals surface area contributed by atoms with E-state index in [1.807, 2.05) is 0 Å². The van der Waals surface area contributed by atoms with Crippen LogP contribution >= 0.6 is 15.9 Å². The number of aromatic nitrogens is 2. The van der Waals surface area contributed by atoms with Crippen molar-refractivity contribution in [3.63, 3.8) is 0 Å². The smallest absolute Gasteiger partial charge is 0.268 e. The summed E-state index contributed by atoms with van der Waals surface area (Å²) in [5, 5.41) is 15.3. The summed E-state index contributed by atoms with van der Waals surface area (Å²) in [4.78, 5) is 10.4. The zero-order chi connectivity index (χ0) is 10.3. The van der Waals surface area contributed by atoms with E-state index in [1.54, 1.807) is 23.9 Å². The predicted octanol–water partition coefficient (Wildman–Crippen LogP) is 2.24. The Labute approximate surface area is 87.6 Å². The maximum atomic E-state index is 10.8. The molecule has 0 fully saturated rings. The van der Waals surface area contributed by atoms with Gasteiger partial charge in [-0.15, -0.1) is 0 Å². The fraction of sp³-hybridized carbons (Fsp3) is 0.125. The van der Waals surface area contributed by atoms with Crippen molar-refractivity contribution in [1.82, 2.24) is 9.78 Å². The number of nitro groups is 1. The van der Waals surface area contributed by atoms with Gasteiger partial charge in [0.05, 0.1) is 26.5 Å². The Bertz CT molecular complexity index is 521. The molecule has 0 amide bonds. The monoisotopic (exact) mass is 255 g/mol. The topological polar surface area (TPSA) is 61.0 Å². The molecule has 0 saturated heterocycles. The van der Waals surface area contributed by atoms with Crippen molar-refractivity contribution in [2.24, 2.45) is 7.05 Å². The van der Waals surface area contributed by atoms with E-state index in [0.717, 1.165) is 5.52 Å². The lowest BCUT2D eigenvalue weighted by Gasteiger charge is -1.97. The molecule has 2 rings (SSSR count). The molecule has 1 heterocycles. The summed E-state index contributed by atoms with van der Waals surface area (Å²) in [6.07, 6.45) is 1.50. The quantitative estimate of drug-likeness (QED) is 0.580. The zero-order valence-corrected chi connectivity index (χ0v) is 8.85. The Balaban J connectivity index is 2.90. The molecule has 0 N–H and O–H groups in total. The van der Waals surface area contributed by atoms with Gasteiger partial charge in [-0.2, -0.15) is 5.10 Å². The van der Waals surface area contributed by atoms with Crippen LogP contribution in [0, 0.1) is 10.1 Å². The first kappa shape index (κ1) is 9.14. The van der Waals surface area contributed by atoms with E-state index in [0.29, 0.717) is 9.86 Å². The number of nitro benzene ring substituents is 1. The third-order valence-corrected chi connectivity index (χ3v) is 2.68. The lowest BCUT2D eigenvalue weighted by Crippen LogP contribution is -1.92. The number of hydrogen-bond acceptors (Lipinski definition) is 3. The molecule has 2 aromatic rings. The van der Waals surface area contributed by atoms with E-state index in [2.05, 4.69) is 21.0 Å². The number of aryl methyl sites for hydroxylation is 1. The van der Waals surface area contributed by atoms with E-state index in [9.17, 15) is 10.1 Å². The van der Waals surface area contributed by atoms with Crippen LogP contribution in [0.5, 0.6) is 0 Å². The SMILES string of the molecule is Cn1ncc2c([N+](=O)[O-])c(Br)ccc21. The van der Waals surface area contributed by atoms with Crippen molar-refractivity contribution in [2.45, 2.75) is 0 Å². The molecule has 1 aromatic carbocycles. The molecule has 72 valence electrons. The van der Waals surface area contributed by atoms with Crippen LogP contribution < -0.4 is 0 Å². The highest BCUT2D eigenvalue weighted by Gasteiger charge is 2.18. The van der Waals surface area contributed by atoms with Gasteiger partial charge in [-0.1, -0.05) is 0 Å². The molecule has 0 aliphatic carbocycles. The summed E-state index contributed by atoms with van der Waals surface area (Å²) in [6, 6.07) is 3.45. The number of halogens is 1. The van der Waals surface area contributed by atoms with Crippen molar-refractivity contribution >= 4 is 32.5 Å². The van der Waals surface area contributed by atoms with Gasteiger partial charge in [-0.3, -0.25) is 14.8 Å². The van der Waals surface area contributed by atoms with E-state index in [1.165, 1.54) is 6.20 Å². The lowest BCUT2D eigenvalue weighted by molar-refractivity contribution is -0.383. The van der Waals surface area contributed by atoms with E-state index < -0.39 is 4.92 Å². The van der Waals surface area contributed by atoms with E-state index in [-0.39, 0.29) is 5.69 Å². The standard InChI is InChI=1S/C8H6BrN3O2/c1-11-7-3-2-6(9)8(12(13)14)5(7)4-10-11/h2-4H,1H3. The summed E-state index contributed by atoms with van der Waals surface area (Å²) in [6.45, 7) is 0. The minimum atomic E-state index is -0.409. The van der Waals surface area contributed by atoms with Crippen LogP contribution in [0.1, 0.15) is 0 Å². The molecule has 0 atom stereocenters. The molecule has 1 aromatic heterocycles. The van der Waals surface area contributed by atoms with Gasteiger partial charge in [0, 0.05) is 7.05 Å². The molecular formula is C8H6BrN3O2. The maximum absolute atomic E-state index is 10.8. The highest BCUT2D eigenvalue weighted by atomic mass is 79.9. The Kier molecular flexibility index (Phi) is 1.99. The number of benzene rings is 1. The van der Waals surface area contributed by atoms with Crippen LogP contribution in [-0.2, 0) is 7.05 Å². The van der Waals surface area contributed by atoms with Gasteiger partial charge >= 0.3 is 0 Å². The van der Waals surface area contributed by atoms with Crippen molar-refractivity contribution in [3.8, 4) is 0 Å². The van der Waals surface area contributed by atoms with Crippen molar-refractivity contribution < 1.29 is 4.92 Å². The summed E-state index contributed by atoms with van der Waals surface area (Å²) >= 11 is 3.15. The van der Waals surface area contributed by atoms with Crippen molar-refractivity contribution in [1.29, 1.82) is 0 Å². The molecule has 5 nitrogen and oxygen atoms in total. The summed E-state index contributed by atoms with van der Waals surface area (Å²) in [5.74, 6) is 0. The fourth-order valence-corrected chi connectivity index (χ4v) is 1.86. The summed E-state index contributed by atoms with van der Waals surface area (Å²) in [5.41, 5.74) is 0.815. The molecule has 0 bridgehead atoms. The minimum Gasteiger partial charge on any atom is -0.268 e. The van der Waals surface area contributed by atoms with E-state index >= 15 is 0 Å². The van der Waals surface area contributed by atoms with Gasteiger partial charge in [0.2, 0.25) is 0 Å². The zero-order valence-electron chi connectivity index (χ0n) is 7.27. The van der Waals surface area contributed by atoms with Crippen LogP contribution in [0.3, 0.4) is 0 Å². The third-order valence-electron chi connectivity index (χ3n) is 2.04. The normalized spacial score (nSPS) is 10.7. The van der Waals surface area contributed by atoms with Crippen molar-refractivity contribution in [2.75, 3.05) is 0 Å². The van der Waals surface area contributed by atoms with Gasteiger partial charge in [0.15, 0.2) is 0 Å². The van der Waals surface area contributed by atoms with Gasteiger partial charge in [0.25, 0.3) is 5.69 Å². The molecule has 0 unspecified atom stereocenters. The van der Waals surface area contributed by atoms with Crippen LogP contribution in [-0.4, -0.2) is 14.7 Å². The molecule has 14 heavy (non-hydrogen) atoms. The average Bonchev–Trinajstić information content (AvgIpc) is 2.47. The Hall–Kier alpha value is -1.43. The Morgan fingerprint density at radius 2 is 2.29 bits per heavy atom.